The summed E-state index contributed by atoms with van der Waals surface area (Å²) in [5.74, 6) is -0.211. The molecule has 0 radical (unpaired) electrons. The fraction of sp³-hybridized carbons (Fsp3) is 0. The van der Waals surface area contributed by atoms with Gasteiger partial charge in [-0.05, 0) is 46.3 Å². The molecule has 0 saturated carbocycles. The second kappa shape index (κ2) is 5.48. The van der Waals surface area contributed by atoms with E-state index in [0.29, 0.717) is 16.8 Å². The Bertz CT molecular complexity index is 632. The molecule has 0 spiro atoms. The number of nitrogens with one attached hydrogen (secondary N) is 1. The molecule has 1 N–H and O–H groups in total. The van der Waals surface area contributed by atoms with E-state index >= 15 is 0 Å². The van der Waals surface area contributed by atoms with Gasteiger partial charge in [0.05, 0.1) is 17.2 Å². The van der Waals surface area contributed by atoms with E-state index in [-0.39, 0.29) is 5.91 Å². The molecule has 3 nitrogen and oxygen atoms in total. The average molecular weight is 301 g/mol. The third-order valence-electron chi connectivity index (χ3n) is 2.37. The zero-order chi connectivity index (χ0) is 13.0. The largest absolute Gasteiger partial charge is 0.322 e. The van der Waals surface area contributed by atoms with Crippen LogP contribution in [0.25, 0.3) is 0 Å². The number of rotatable bonds is 2. The molecule has 1 amide bonds. The summed E-state index contributed by atoms with van der Waals surface area (Å²) in [7, 11) is 0. The molecule has 4 heteroatoms. The smallest absolute Gasteiger partial charge is 0.256 e. The Morgan fingerprint density at radius 3 is 2.67 bits per heavy atom. The minimum atomic E-state index is -0.211. The maximum absolute atomic E-state index is 12.0. The third-order valence-corrected chi connectivity index (χ3v) is 3.06. The molecule has 0 saturated heterocycles. The Morgan fingerprint density at radius 2 is 1.94 bits per heavy atom. The number of hydrogen-bond donors (Lipinski definition) is 1. The fourth-order valence-corrected chi connectivity index (χ4v) is 1.98. The van der Waals surface area contributed by atoms with Gasteiger partial charge in [0.2, 0.25) is 0 Å². The summed E-state index contributed by atoms with van der Waals surface area (Å²) in [6, 6.07) is 16.0. The van der Waals surface area contributed by atoms with Crippen LogP contribution in [0.4, 0.5) is 5.69 Å². The highest BCUT2D eigenvalue weighted by atomic mass is 79.9. The van der Waals surface area contributed by atoms with Crippen molar-refractivity contribution in [3.63, 3.8) is 0 Å². The van der Waals surface area contributed by atoms with Crippen LogP contribution in [0.15, 0.2) is 53.0 Å². The fourth-order valence-electron chi connectivity index (χ4n) is 1.51. The molecule has 2 aromatic carbocycles. The van der Waals surface area contributed by atoms with Gasteiger partial charge in [0.25, 0.3) is 5.91 Å². The molecule has 0 heterocycles. The van der Waals surface area contributed by atoms with Crippen LogP contribution in [0.1, 0.15) is 15.9 Å². The van der Waals surface area contributed by atoms with Crippen LogP contribution in [0, 0.1) is 11.3 Å². The zero-order valence-corrected chi connectivity index (χ0v) is 10.9. The molecule has 0 aliphatic rings. The van der Waals surface area contributed by atoms with Gasteiger partial charge in [-0.3, -0.25) is 4.79 Å². The Kier molecular flexibility index (Phi) is 3.75. The molecule has 0 fully saturated rings. The number of hydrogen-bond acceptors (Lipinski definition) is 2. The molecule has 0 bridgehead atoms. The number of nitriles is 1. The van der Waals surface area contributed by atoms with Crippen LogP contribution >= 0.6 is 15.9 Å². The third kappa shape index (κ3) is 2.76. The Balaban J connectivity index is 2.22. The maximum Gasteiger partial charge on any atom is 0.256 e. The van der Waals surface area contributed by atoms with Gasteiger partial charge in [0, 0.05) is 10.2 Å². The minimum absolute atomic E-state index is 0.211. The van der Waals surface area contributed by atoms with Gasteiger partial charge < -0.3 is 5.32 Å². The quantitative estimate of drug-likeness (QED) is 0.922. The molecule has 0 atom stereocenters. The van der Waals surface area contributed by atoms with E-state index in [1.807, 2.05) is 12.1 Å². The molecule has 2 rings (SSSR count). The first kappa shape index (κ1) is 12.3. The van der Waals surface area contributed by atoms with Crippen molar-refractivity contribution in [1.29, 1.82) is 5.26 Å². The van der Waals surface area contributed by atoms with Crippen LogP contribution < -0.4 is 5.32 Å². The highest BCUT2D eigenvalue weighted by molar-refractivity contribution is 9.10. The Morgan fingerprint density at radius 1 is 1.17 bits per heavy atom. The summed E-state index contributed by atoms with van der Waals surface area (Å²) in [6.07, 6.45) is 0. The van der Waals surface area contributed by atoms with Gasteiger partial charge in [-0.15, -0.1) is 0 Å². The maximum atomic E-state index is 12.0. The van der Waals surface area contributed by atoms with Gasteiger partial charge >= 0.3 is 0 Å². The van der Waals surface area contributed by atoms with Crippen molar-refractivity contribution < 1.29 is 4.79 Å². The second-order valence-corrected chi connectivity index (χ2v) is 4.48. The van der Waals surface area contributed by atoms with Crippen LogP contribution in [0.5, 0.6) is 0 Å². The van der Waals surface area contributed by atoms with Crippen LogP contribution in [0.2, 0.25) is 0 Å². The predicted octanol–water partition coefficient (Wildman–Crippen LogP) is 3.57. The predicted molar refractivity (Wildman–Crippen MR) is 73.3 cm³/mol. The van der Waals surface area contributed by atoms with Crippen LogP contribution in [-0.4, -0.2) is 5.91 Å². The first-order chi connectivity index (χ1) is 8.70. The number of nitrogens with zero attached hydrogens (tertiary/aromatic N) is 1. The van der Waals surface area contributed by atoms with Crippen molar-refractivity contribution in [1.82, 2.24) is 0 Å². The van der Waals surface area contributed by atoms with E-state index in [1.165, 1.54) is 0 Å². The first-order valence-corrected chi connectivity index (χ1v) is 6.06. The van der Waals surface area contributed by atoms with Crippen molar-refractivity contribution in [2.24, 2.45) is 0 Å². The number of halogens is 1. The molecule has 18 heavy (non-hydrogen) atoms. The molecular weight excluding hydrogens is 292 g/mol. The lowest BCUT2D eigenvalue weighted by atomic mass is 10.2. The number of amides is 1. The summed E-state index contributed by atoms with van der Waals surface area (Å²) in [4.78, 5) is 12.0. The topological polar surface area (TPSA) is 52.9 Å². The lowest BCUT2D eigenvalue weighted by molar-refractivity contribution is 0.102. The SMILES string of the molecule is N#Cc1cccc(NC(=O)c2ccccc2Br)c1. The summed E-state index contributed by atoms with van der Waals surface area (Å²) in [5.41, 5.74) is 1.68. The number of carbonyl (C=O) groups excluding carboxylic acids is 1. The van der Waals surface area contributed by atoms with Crippen molar-refractivity contribution in [2.45, 2.75) is 0 Å². The Hall–Kier alpha value is -2.12. The standard InChI is InChI=1S/C14H9BrN2O/c15-13-7-2-1-6-12(13)14(18)17-11-5-3-4-10(8-11)9-16/h1-8H,(H,17,18). The first-order valence-electron chi connectivity index (χ1n) is 5.27. The lowest BCUT2D eigenvalue weighted by Crippen LogP contribution is -2.12. The average Bonchev–Trinajstić information content (AvgIpc) is 2.39. The summed E-state index contributed by atoms with van der Waals surface area (Å²) >= 11 is 3.33. The summed E-state index contributed by atoms with van der Waals surface area (Å²) in [5, 5.41) is 11.5. The van der Waals surface area contributed by atoms with E-state index < -0.39 is 0 Å². The second-order valence-electron chi connectivity index (χ2n) is 3.63. The molecule has 0 aromatic heterocycles. The lowest BCUT2D eigenvalue weighted by Gasteiger charge is -2.06. The van der Waals surface area contributed by atoms with Crippen LogP contribution in [-0.2, 0) is 0 Å². The molecular formula is C14H9BrN2O. The van der Waals surface area contributed by atoms with Gasteiger partial charge in [-0.2, -0.15) is 5.26 Å². The van der Waals surface area contributed by atoms with Crippen LogP contribution in [0.3, 0.4) is 0 Å². The van der Waals surface area contributed by atoms with E-state index in [2.05, 4.69) is 21.2 Å². The van der Waals surface area contributed by atoms with Gasteiger partial charge in [-0.25, -0.2) is 0 Å². The van der Waals surface area contributed by atoms with Crippen molar-refractivity contribution in [3.8, 4) is 6.07 Å². The van der Waals surface area contributed by atoms with E-state index in [1.54, 1.807) is 42.5 Å². The highest BCUT2D eigenvalue weighted by Crippen LogP contribution is 2.18. The monoisotopic (exact) mass is 300 g/mol. The molecule has 0 aliphatic carbocycles. The minimum Gasteiger partial charge on any atom is -0.322 e. The number of anilines is 1. The van der Waals surface area contributed by atoms with E-state index in [9.17, 15) is 4.79 Å². The number of carbonyl (C=O) groups is 1. The van der Waals surface area contributed by atoms with Crippen molar-refractivity contribution in [2.75, 3.05) is 5.32 Å². The van der Waals surface area contributed by atoms with Gasteiger partial charge in [0.1, 0.15) is 0 Å². The molecule has 88 valence electrons. The normalized spacial score (nSPS) is 9.56. The van der Waals surface area contributed by atoms with Crippen molar-refractivity contribution >= 4 is 27.5 Å². The van der Waals surface area contributed by atoms with Crippen molar-refractivity contribution in [3.05, 3.63) is 64.1 Å². The summed E-state index contributed by atoms with van der Waals surface area (Å²) < 4.78 is 0.735. The summed E-state index contributed by atoms with van der Waals surface area (Å²) in [6.45, 7) is 0. The van der Waals surface area contributed by atoms with E-state index in [0.717, 1.165) is 4.47 Å². The van der Waals surface area contributed by atoms with E-state index in [4.69, 9.17) is 5.26 Å². The Labute approximate surface area is 113 Å². The van der Waals surface area contributed by atoms with Gasteiger partial charge in [-0.1, -0.05) is 18.2 Å². The molecule has 0 unspecified atom stereocenters. The van der Waals surface area contributed by atoms with Gasteiger partial charge in [0.15, 0.2) is 0 Å². The number of benzene rings is 2. The highest BCUT2D eigenvalue weighted by Gasteiger charge is 2.09. The molecule has 0 aliphatic heterocycles. The zero-order valence-electron chi connectivity index (χ0n) is 9.35. The molecule has 2 aromatic rings.